The summed E-state index contributed by atoms with van der Waals surface area (Å²) in [6.07, 6.45) is 4.13. The van der Waals surface area contributed by atoms with Crippen molar-refractivity contribution in [2.75, 3.05) is 6.54 Å². The van der Waals surface area contributed by atoms with Crippen molar-refractivity contribution in [3.8, 4) is 0 Å². The summed E-state index contributed by atoms with van der Waals surface area (Å²) in [4.78, 5) is 39.8. The predicted molar refractivity (Wildman–Crippen MR) is 118 cm³/mol. The fourth-order valence-electron chi connectivity index (χ4n) is 4.81. The molecule has 1 spiro atoms. The molecule has 3 atom stereocenters. The molecule has 1 heterocycles. The molecule has 4 amide bonds. The SMILES string of the molecule is C[C@@H]1CCCC[C@]12NC(=O)N(CC(=O)N[C@@H](Cc1ccccc1)c1ccccc1)C2=O. The average Bonchev–Trinajstić information content (AvgIpc) is 3.01. The molecule has 0 aromatic heterocycles. The van der Waals surface area contributed by atoms with Crippen molar-refractivity contribution < 1.29 is 14.4 Å². The van der Waals surface area contributed by atoms with E-state index < -0.39 is 11.6 Å². The molecule has 2 aliphatic rings. The van der Waals surface area contributed by atoms with E-state index in [9.17, 15) is 14.4 Å². The maximum Gasteiger partial charge on any atom is 0.325 e. The van der Waals surface area contributed by atoms with Gasteiger partial charge in [0, 0.05) is 0 Å². The average molecular weight is 420 g/mol. The predicted octanol–water partition coefficient (Wildman–Crippen LogP) is 3.59. The summed E-state index contributed by atoms with van der Waals surface area (Å²) in [5.74, 6) is -0.533. The van der Waals surface area contributed by atoms with Gasteiger partial charge in [-0.05, 0) is 36.3 Å². The summed E-state index contributed by atoms with van der Waals surface area (Å²) in [6, 6.07) is 19.0. The van der Waals surface area contributed by atoms with Gasteiger partial charge in [-0.25, -0.2) is 4.79 Å². The highest BCUT2D eigenvalue weighted by atomic mass is 16.2. The van der Waals surface area contributed by atoms with Gasteiger partial charge in [-0.2, -0.15) is 0 Å². The first-order valence-electron chi connectivity index (χ1n) is 11.0. The molecule has 0 unspecified atom stereocenters. The fraction of sp³-hybridized carbons (Fsp3) is 0.400. The van der Waals surface area contributed by atoms with E-state index in [-0.39, 0.29) is 30.3 Å². The van der Waals surface area contributed by atoms with Crippen molar-refractivity contribution in [2.24, 2.45) is 5.92 Å². The van der Waals surface area contributed by atoms with Crippen LogP contribution in [0.5, 0.6) is 0 Å². The molecule has 1 aliphatic heterocycles. The van der Waals surface area contributed by atoms with Gasteiger partial charge < -0.3 is 10.6 Å². The molecule has 2 N–H and O–H groups in total. The molecule has 1 saturated heterocycles. The Morgan fingerprint density at radius 1 is 1.10 bits per heavy atom. The lowest BCUT2D eigenvalue weighted by atomic mass is 9.73. The van der Waals surface area contributed by atoms with E-state index in [1.165, 1.54) is 0 Å². The van der Waals surface area contributed by atoms with Gasteiger partial charge in [0.05, 0.1) is 6.04 Å². The summed E-state index contributed by atoms with van der Waals surface area (Å²) in [5.41, 5.74) is 1.23. The third-order valence-corrected chi connectivity index (χ3v) is 6.62. The zero-order valence-electron chi connectivity index (χ0n) is 17.8. The zero-order chi connectivity index (χ0) is 21.8. The van der Waals surface area contributed by atoms with Crippen molar-refractivity contribution in [1.29, 1.82) is 0 Å². The Bertz CT molecular complexity index is 947. The molecule has 1 saturated carbocycles. The summed E-state index contributed by atoms with van der Waals surface area (Å²) < 4.78 is 0. The maximum absolute atomic E-state index is 13.1. The summed E-state index contributed by atoms with van der Waals surface area (Å²) in [5, 5.41) is 5.95. The highest BCUT2D eigenvalue weighted by Gasteiger charge is 2.55. The lowest BCUT2D eigenvalue weighted by molar-refractivity contribution is -0.137. The largest absolute Gasteiger partial charge is 0.347 e. The minimum atomic E-state index is -0.849. The smallest absolute Gasteiger partial charge is 0.325 e. The van der Waals surface area contributed by atoms with Crippen LogP contribution in [0.15, 0.2) is 60.7 Å². The second-order valence-corrected chi connectivity index (χ2v) is 8.66. The number of imide groups is 1. The Balaban J connectivity index is 1.47. The van der Waals surface area contributed by atoms with Gasteiger partial charge in [0.25, 0.3) is 5.91 Å². The van der Waals surface area contributed by atoms with Crippen LogP contribution >= 0.6 is 0 Å². The number of rotatable bonds is 6. The van der Waals surface area contributed by atoms with Gasteiger partial charge in [-0.1, -0.05) is 80.4 Å². The Morgan fingerprint density at radius 3 is 2.45 bits per heavy atom. The highest BCUT2D eigenvalue weighted by molar-refractivity contribution is 6.09. The first-order chi connectivity index (χ1) is 15.0. The number of nitrogens with one attached hydrogen (secondary N) is 2. The van der Waals surface area contributed by atoms with Crippen LogP contribution < -0.4 is 10.6 Å². The molecule has 4 rings (SSSR count). The van der Waals surface area contributed by atoms with Crippen LogP contribution in [0.3, 0.4) is 0 Å². The minimum absolute atomic E-state index is 0.0703. The molecule has 0 radical (unpaired) electrons. The van der Waals surface area contributed by atoms with E-state index in [1.54, 1.807) is 0 Å². The van der Waals surface area contributed by atoms with Crippen molar-refractivity contribution in [3.63, 3.8) is 0 Å². The van der Waals surface area contributed by atoms with Crippen LogP contribution in [0.2, 0.25) is 0 Å². The highest BCUT2D eigenvalue weighted by Crippen LogP contribution is 2.38. The molecular weight excluding hydrogens is 390 g/mol. The topological polar surface area (TPSA) is 78.5 Å². The van der Waals surface area contributed by atoms with Gasteiger partial charge in [0.1, 0.15) is 12.1 Å². The molecule has 2 fully saturated rings. The zero-order valence-corrected chi connectivity index (χ0v) is 17.8. The van der Waals surface area contributed by atoms with E-state index in [0.717, 1.165) is 35.3 Å². The van der Waals surface area contributed by atoms with E-state index in [0.29, 0.717) is 12.8 Å². The van der Waals surface area contributed by atoms with Gasteiger partial charge in [-0.3, -0.25) is 14.5 Å². The number of urea groups is 1. The Hall–Kier alpha value is -3.15. The molecule has 6 heteroatoms. The monoisotopic (exact) mass is 419 g/mol. The van der Waals surface area contributed by atoms with E-state index in [1.807, 2.05) is 67.6 Å². The van der Waals surface area contributed by atoms with Crippen LogP contribution in [0.4, 0.5) is 4.79 Å². The van der Waals surface area contributed by atoms with Gasteiger partial charge in [0.15, 0.2) is 0 Å². The second-order valence-electron chi connectivity index (χ2n) is 8.66. The lowest BCUT2D eigenvalue weighted by Gasteiger charge is -2.36. The molecular formula is C25H29N3O3. The second kappa shape index (κ2) is 8.92. The molecule has 6 nitrogen and oxygen atoms in total. The maximum atomic E-state index is 13.1. The first kappa shape index (κ1) is 21.1. The molecule has 0 bridgehead atoms. The molecule has 162 valence electrons. The van der Waals surface area contributed by atoms with Crippen LogP contribution in [-0.2, 0) is 16.0 Å². The Morgan fingerprint density at radius 2 is 1.77 bits per heavy atom. The fourth-order valence-corrected chi connectivity index (χ4v) is 4.81. The molecule has 1 aliphatic carbocycles. The standard InChI is InChI=1S/C25H29N3O3/c1-18-10-8-9-15-25(18)23(30)28(24(31)27-25)17-22(29)26-21(20-13-6-3-7-14-20)16-19-11-4-2-5-12-19/h2-7,11-14,18,21H,8-10,15-17H2,1H3,(H,26,29)(H,27,31)/t18-,21+,25+/m1/s1. The first-order valence-corrected chi connectivity index (χ1v) is 11.0. The van der Waals surface area contributed by atoms with Crippen LogP contribution in [0, 0.1) is 5.92 Å². The van der Waals surface area contributed by atoms with Crippen molar-refractivity contribution in [2.45, 2.75) is 50.6 Å². The van der Waals surface area contributed by atoms with Gasteiger partial charge >= 0.3 is 6.03 Å². The molecule has 31 heavy (non-hydrogen) atoms. The van der Waals surface area contributed by atoms with Gasteiger partial charge in [-0.15, -0.1) is 0 Å². The van der Waals surface area contributed by atoms with Crippen LogP contribution in [0.25, 0.3) is 0 Å². The van der Waals surface area contributed by atoms with Gasteiger partial charge in [0.2, 0.25) is 5.91 Å². The van der Waals surface area contributed by atoms with Crippen molar-refractivity contribution in [1.82, 2.24) is 15.5 Å². The normalized spacial score (nSPS) is 24.2. The van der Waals surface area contributed by atoms with E-state index in [4.69, 9.17) is 0 Å². The third kappa shape index (κ3) is 4.33. The number of hydrogen-bond donors (Lipinski definition) is 2. The third-order valence-electron chi connectivity index (χ3n) is 6.62. The molecule has 2 aromatic carbocycles. The number of nitrogens with zero attached hydrogens (tertiary/aromatic N) is 1. The lowest BCUT2D eigenvalue weighted by Crippen LogP contribution is -2.54. The van der Waals surface area contributed by atoms with Crippen molar-refractivity contribution in [3.05, 3.63) is 71.8 Å². The Kier molecular flexibility index (Phi) is 6.07. The summed E-state index contributed by atoms with van der Waals surface area (Å²) in [7, 11) is 0. The summed E-state index contributed by atoms with van der Waals surface area (Å²) >= 11 is 0. The molecule has 2 aromatic rings. The quantitative estimate of drug-likeness (QED) is 0.703. The van der Waals surface area contributed by atoms with E-state index >= 15 is 0 Å². The number of benzene rings is 2. The number of carbonyl (C=O) groups is 3. The summed E-state index contributed by atoms with van der Waals surface area (Å²) in [6.45, 7) is 1.74. The number of hydrogen-bond acceptors (Lipinski definition) is 3. The van der Waals surface area contributed by atoms with Crippen LogP contribution in [0.1, 0.15) is 49.8 Å². The van der Waals surface area contributed by atoms with Crippen molar-refractivity contribution >= 4 is 17.8 Å². The number of carbonyl (C=O) groups excluding carboxylic acids is 3. The number of amides is 4. The minimum Gasteiger partial charge on any atom is -0.347 e. The Labute approximate surface area is 183 Å². The van der Waals surface area contributed by atoms with E-state index in [2.05, 4.69) is 10.6 Å². The van der Waals surface area contributed by atoms with Crippen LogP contribution in [-0.4, -0.2) is 34.8 Å².